The third-order valence-electron chi connectivity index (χ3n) is 4.02. The fraction of sp³-hybridized carbons (Fsp3) is 0.692. The lowest BCUT2D eigenvalue weighted by Gasteiger charge is -2.22. The molecule has 0 radical (unpaired) electrons. The summed E-state index contributed by atoms with van der Waals surface area (Å²) in [5.41, 5.74) is -0.392. The van der Waals surface area contributed by atoms with E-state index in [1.54, 1.807) is 4.90 Å². The monoisotopic (exact) mass is 365 g/mol. The highest BCUT2D eigenvalue weighted by Gasteiger charge is 2.40. The third-order valence-corrected chi connectivity index (χ3v) is 4.02. The Bertz CT molecular complexity index is 661. The molecule has 9 nitrogen and oxygen atoms in total. The first-order valence-corrected chi connectivity index (χ1v) is 7.59. The number of nitrogens with zero attached hydrogens (tertiary/aromatic N) is 4. The SMILES string of the molecule is Cn1nc(CO)c([N+](=O)[O-])c1N1CCCC(NC(=O)C(F)(F)F)CC1. The van der Waals surface area contributed by atoms with Gasteiger partial charge < -0.3 is 15.3 Å². The molecule has 0 aliphatic carbocycles. The number of nitrogens with one attached hydrogen (secondary N) is 1. The molecular formula is C13H18F3N5O4. The Morgan fingerprint density at radius 3 is 2.68 bits per heavy atom. The Morgan fingerprint density at radius 2 is 2.12 bits per heavy atom. The van der Waals surface area contributed by atoms with Crippen molar-refractivity contribution in [2.45, 2.75) is 38.1 Å². The number of amides is 1. The van der Waals surface area contributed by atoms with Crippen LogP contribution in [0.5, 0.6) is 0 Å². The van der Waals surface area contributed by atoms with Crippen molar-refractivity contribution in [2.75, 3.05) is 18.0 Å². The van der Waals surface area contributed by atoms with Gasteiger partial charge in [-0.3, -0.25) is 14.9 Å². The molecule has 1 aliphatic rings. The molecule has 1 saturated heterocycles. The summed E-state index contributed by atoms with van der Waals surface area (Å²) in [4.78, 5) is 23.4. The predicted octanol–water partition coefficient (Wildman–Crippen LogP) is 0.858. The minimum absolute atomic E-state index is 0.0753. The number of carbonyl (C=O) groups is 1. The second-order valence-electron chi connectivity index (χ2n) is 5.74. The van der Waals surface area contributed by atoms with Crippen LogP contribution in [0.4, 0.5) is 24.7 Å². The number of hydrogen-bond donors (Lipinski definition) is 2. The van der Waals surface area contributed by atoms with E-state index in [-0.39, 0.29) is 30.2 Å². The maximum Gasteiger partial charge on any atom is 0.471 e. The molecule has 1 fully saturated rings. The quantitative estimate of drug-likeness (QED) is 0.604. The van der Waals surface area contributed by atoms with Gasteiger partial charge in [0.15, 0.2) is 5.69 Å². The molecule has 0 saturated carbocycles. The Labute approximate surface area is 140 Å². The second-order valence-corrected chi connectivity index (χ2v) is 5.74. The smallest absolute Gasteiger partial charge is 0.390 e. The summed E-state index contributed by atoms with van der Waals surface area (Å²) in [6, 6.07) is -0.663. The molecular weight excluding hydrogens is 347 g/mol. The summed E-state index contributed by atoms with van der Waals surface area (Å²) in [5, 5.41) is 26.4. The van der Waals surface area contributed by atoms with Crippen LogP contribution in [0.15, 0.2) is 0 Å². The van der Waals surface area contributed by atoms with Gasteiger partial charge in [-0.05, 0) is 19.3 Å². The van der Waals surface area contributed by atoms with E-state index >= 15 is 0 Å². The van der Waals surface area contributed by atoms with Crippen molar-refractivity contribution in [1.29, 1.82) is 0 Å². The molecule has 1 amide bonds. The minimum Gasteiger partial charge on any atom is -0.390 e. The van der Waals surface area contributed by atoms with Crippen LogP contribution in [-0.4, -0.2) is 51.0 Å². The molecule has 25 heavy (non-hydrogen) atoms. The van der Waals surface area contributed by atoms with E-state index in [1.807, 2.05) is 5.32 Å². The average Bonchev–Trinajstić information content (AvgIpc) is 2.69. The summed E-state index contributed by atoms with van der Waals surface area (Å²) in [6.07, 6.45) is -3.96. The van der Waals surface area contributed by atoms with E-state index in [1.165, 1.54) is 11.7 Å². The van der Waals surface area contributed by atoms with Crippen LogP contribution in [0.25, 0.3) is 0 Å². The number of anilines is 1. The normalized spacial score (nSPS) is 18.8. The highest BCUT2D eigenvalue weighted by atomic mass is 19.4. The number of aryl methyl sites for hydroxylation is 1. The van der Waals surface area contributed by atoms with Gasteiger partial charge in [0.2, 0.25) is 5.82 Å². The molecule has 0 spiro atoms. The van der Waals surface area contributed by atoms with Crippen molar-refractivity contribution < 1.29 is 28.0 Å². The van der Waals surface area contributed by atoms with Crippen LogP contribution >= 0.6 is 0 Å². The number of carbonyl (C=O) groups excluding carboxylic acids is 1. The molecule has 1 aromatic rings. The van der Waals surface area contributed by atoms with Gasteiger partial charge in [0, 0.05) is 26.2 Å². The van der Waals surface area contributed by atoms with Crippen molar-refractivity contribution in [3.63, 3.8) is 0 Å². The molecule has 12 heteroatoms. The maximum absolute atomic E-state index is 12.4. The Morgan fingerprint density at radius 1 is 1.44 bits per heavy atom. The number of rotatable bonds is 4. The van der Waals surface area contributed by atoms with Gasteiger partial charge in [-0.1, -0.05) is 0 Å². The number of halogens is 3. The Kier molecular flexibility index (Phi) is 5.50. The van der Waals surface area contributed by atoms with Crippen molar-refractivity contribution >= 4 is 17.4 Å². The lowest BCUT2D eigenvalue weighted by molar-refractivity contribution is -0.385. The van der Waals surface area contributed by atoms with Gasteiger partial charge in [-0.25, -0.2) is 4.68 Å². The molecule has 1 atom stereocenters. The highest BCUT2D eigenvalue weighted by molar-refractivity contribution is 5.81. The van der Waals surface area contributed by atoms with Crippen LogP contribution in [0, 0.1) is 10.1 Å². The van der Waals surface area contributed by atoms with E-state index in [9.17, 15) is 33.2 Å². The number of nitro groups is 1. The fourth-order valence-electron chi connectivity index (χ4n) is 2.93. The minimum atomic E-state index is -4.94. The predicted molar refractivity (Wildman–Crippen MR) is 79.8 cm³/mol. The van der Waals surface area contributed by atoms with Gasteiger partial charge in [-0.15, -0.1) is 0 Å². The zero-order chi connectivity index (χ0) is 18.8. The van der Waals surface area contributed by atoms with Crippen LogP contribution in [0.3, 0.4) is 0 Å². The Hall–Kier alpha value is -2.37. The summed E-state index contributed by atoms with van der Waals surface area (Å²) >= 11 is 0. The fourth-order valence-corrected chi connectivity index (χ4v) is 2.93. The standard InChI is InChI=1S/C13H18F3N5O4/c1-19-11(10(21(24)25)9(7-22)18-19)20-5-2-3-8(4-6-20)17-12(23)13(14,15)16/h8,22H,2-7H2,1H3,(H,17,23). The lowest BCUT2D eigenvalue weighted by atomic mass is 10.1. The van der Waals surface area contributed by atoms with E-state index in [0.717, 1.165) is 0 Å². The van der Waals surface area contributed by atoms with Crippen LogP contribution in [0.2, 0.25) is 0 Å². The van der Waals surface area contributed by atoms with Crippen molar-refractivity contribution in [2.24, 2.45) is 7.05 Å². The van der Waals surface area contributed by atoms with E-state index in [4.69, 9.17) is 0 Å². The maximum atomic E-state index is 12.4. The van der Waals surface area contributed by atoms with Gasteiger partial charge in [0.05, 0.1) is 11.5 Å². The molecule has 2 heterocycles. The largest absolute Gasteiger partial charge is 0.471 e. The number of aliphatic hydroxyl groups excluding tert-OH is 1. The molecule has 1 aromatic heterocycles. The molecule has 2 N–H and O–H groups in total. The second kappa shape index (κ2) is 7.25. The van der Waals surface area contributed by atoms with Crippen molar-refractivity contribution in [1.82, 2.24) is 15.1 Å². The zero-order valence-electron chi connectivity index (χ0n) is 13.4. The first-order valence-electron chi connectivity index (χ1n) is 7.59. The number of aliphatic hydroxyl groups is 1. The van der Waals surface area contributed by atoms with Gasteiger partial charge in [-0.2, -0.15) is 18.3 Å². The van der Waals surface area contributed by atoms with Crippen LogP contribution < -0.4 is 10.2 Å². The first kappa shape index (κ1) is 19.0. The number of aromatic nitrogens is 2. The van der Waals surface area contributed by atoms with E-state index in [2.05, 4.69) is 5.10 Å². The summed E-state index contributed by atoms with van der Waals surface area (Å²) in [6.45, 7) is -0.0140. The van der Waals surface area contributed by atoms with E-state index in [0.29, 0.717) is 19.4 Å². The van der Waals surface area contributed by atoms with Gasteiger partial charge in [0.1, 0.15) is 0 Å². The summed E-state index contributed by atoms with van der Waals surface area (Å²) in [7, 11) is 1.50. The highest BCUT2D eigenvalue weighted by Crippen LogP contribution is 2.33. The summed E-state index contributed by atoms with van der Waals surface area (Å²) < 4.78 is 38.3. The first-order chi connectivity index (χ1) is 11.6. The van der Waals surface area contributed by atoms with E-state index < -0.39 is 29.7 Å². The van der Waals surface area contributed by atoms with Gasteiger partial charge in [0.25, 0.3) is 0 Å². The third kappa shape index (κ3) is 4.18. The number of alkyl halides is 3. The molecule has 1 unspecified atom stereocenters. The van der Waals surface area contributed by atoms with Crippen molar-refractivity contribution in [3.05, 3.63) is 15.8 Å². The average molecular weight is 365 g/mol. The van der Waals surface area contributed by atoms with Crippen LogP contribution in [0.1, 0.15) is 25.0 Å². The molecule has 2 rings (SSSR count). The van der Waals surface area contributed by atoms with Crippen LogP contribution in [-0.2, 0) is 18.4 Å². The molecule has 1 aliphatic heterocycles. The van der Waals surface area contributed by atoms with Crippen molar-refractivity contribution in [3.8, 4) is 0 Å². The summed E-state index contributed by atoms with van der Waals surface area (Å²) in [5.74, 6) is -1.79. The molecule has 0 aromatic carbocycles. The lowest BCUT2D eigenvalue weighted by Crippen LogP contribution is -2.43. The van der Waals surface area contributed by atoms with Gasteiger partial charge >= 0.3 is 17.8 Å². The zero-order valence-corrected chi connectivity index (χ0v) is 13.4. The molecule has 140 valence electrons. The topological polar surface area (TPSA) is 114 Å². The number of hydrogen-bond acceptors (Lipinski definition) is 6. The Balaban J connectivity index is 2.15. The molecule has 0 bridgehead atoms.